The first-order valence-corrected chi connectivity index (χ1v) is 7.38. The predicted molar refractivity (Wildman–Crippen MR) is 80.1 cm³/mol. The fraction of sp³-hybridized carbons (Fsp3) is 0.471. The van der Waals surface area contributed by atoms with Gasteiger partial charge in [0, 0.05) is 6.42 Å². The summed E-state index contributed by atoms with van der Waals surface area (Å²) in [4.78, 5) is 11.4. The zero-order chi connectivity index (χ0) is 15.1. The fourth-order valence-corrected chi connectivity index (χ4v) is 2.26. The zero-order valence-electron chi connectivity index (χ0n) is 12.6. The molecule has 0 saturated carbocycles. The highest BCUT2D eigenvalue weighted by Crippen LogP contribution is 2.21. The van der Waals surface area contributed by atoms with Crippen molar-refractivity contribution >= 4 is 5.97 Å². The molecule has 1 aromatic carbocycles. The van der Waals surface area contributed by atoms with Crippen LogP contribution in [0.15, 0.2) is 36.1 Å². The molecule has 2 rings (SSSR count). The lowest BCUT2D eigenvalue weighted by atomic mass is 10.0. The van der Waals surface area contributed by atoms with Gasteiger partial charge in [-0.15, -0.1) is 0 Å². The fourth-order valence-electron chi connectivity index (χ4n) is 2.26. The van der Waals surface area contributed by atoms with Crippen LogP contribution < -0.4 is 4.74 Å². The Morgan fingerprint density at radius 3 is 2.71 bits per heavy atom. The molecule has 0 amide bonds. The molecule has 0 radical (unpaired) electrons. The molecule has 1 aliphatic heterocycles. The molecule has 1 aliphatic rings. The minimum Gasteiger partial charge on any atom is -0.501 e. The summed E-state index contributed by atoms with van der Waals surface area (Å²) in [5, 5.41) is 0. The number of carbonyl (C=O) groups is 1. The molecular formula is C17H22O4. The Morgan fingerprint density at radius 1 is 1.29 bits per heavy atom. The quantitative estimate of drug-likeness (QED) is 0.723. The van der Waals surface area contributed by atoms with Crippen LogP contribution in [0.2, 0.25) is 0 Å². The van der Waals surface area contributed by atoms with E-state index in [1.807, 2.05) is 12.1 Å². The van der Waals surface area contributed by atoms with Crippen LogP contribution in [0, 0.1) is 0 Å². The molecule has 4 nitrogen and oxygen atoms in total. The third kappa shape index (κ3) is 4.81. The molecule has 0 fully saturated rings. The second-order valence-electron chi connectivity index (χ2n) is 5.11. The van der Waals surface area contributed by atoms with Crippen molar-refractivity contribution in [1.29, 1.82) is 0 Å². The molecule has 0 spiro atoms. The van der Waals surface area contributed by atoms with Crippen molar-refractivity contribution in [3.63, 3.8) is 0 Å². The Balaban J connectivity index is 1.83. The Bertz CT molecular complexity index is 490. The Hall–Kier alpha value is -1.97. The highest BCUT2D eigenvalue weighted by Gasteiger charge is 2.21. The van der Waals surface area contributed by atoms with E-state index in [2.05, 4.69) is 19.1 Å². The van der Waals surface area contributed by atoms with E-state index in [0.717, 1.165) is 31.6 Å². The highest BCUT2D eigenvalue weighted by molar-refractivity contribution is 5.83. The standard InChI is InChI=1S/C17H22O4/c1-3-10-20-14-7-4-13(5-8-14)6-9-15-11-16(19-2)12-17(18)21-15/h4-5,7-8,12,15H,3,6,9-11H2,1-2H3/t15-/m0/s1. The summed E-state index contributed by atoms with van der Waals surface area (Å²) in [6.45, 7) is 2.83. The van der Waals surface area contributed by atoms with Crippen molar-refractivity contribution < 1.29 is 19.0 Å². The first-order chi connectivity index (χ1) is 10.2. The van der Waals surface area contributed by atoms with E-state index >= 15 is 0 Å². The largest absolute Gasteiger partial charge is 0.501 e. The Labute approximate surface area is 125 Å². The van der Waals surface area contributed by atoms with Gasteiger partial charge in [-0.2, -0.15) is 0 Å². The van der Waals surface area contributed by atoms with Crippen LogP contribution in [-0.2, 0) is 20.7 Å². The van der Waals surface area contributed by atoms with Crippen molar-refractivity contribution in [3.05, 3.63) is 41.7 Å². The zero-order valence-corrected chi connectivity index (χ0v) is 12.6. The van der Waals surface area contributed by atoms with Gasteiger partial charge in [-0.25, -0.2) is 4.79 Å². The van der Waals surface area contributed by atoms with Crippen LogP contribution in [0.4, 0.5) is 0 Å². The molecule has 0 aromatic heterocycles. The van der Waals surface area contributed by atoms with Gasteiger partial charge in [0.1, 0.15) is 17.6 Å². The molecule has 114 valence electrons. The summed E-state index contributed by atoms with van der Waals surface area (Å²) in [5.41, 5.74) is 1.21. The van der Waals surface area contributed by atoms with E-state index in [1.54, 1.807) is 7.11 Å². The van der Waals surface area contributed by atoms with Gasteiger partial charge in [0.2, 0.25) is 0 Å². The number of carbonyl (C=O) groups excluding carboxylic acids is 1. The number of hydrogen-bond acceptors (Lipinski definition) is 4. The number of rotatable bonds is 7. The maximum absolute atomic E-state index is 11.4. The molecule has 4 heteroatoms. The van der Waals surface area contributed by atoms with E-state index in [0.29, 0.717) is 12.2 Å². The molecule has 1 heterocycles. The third-order valence-electron chi connectivity index (χ3n) is 3.40. The van der Waals surface area contributed by atoms with Gasteiger partial charge in [-0.1, -0.05) is 19.1 Å². The molecule has 1 atom stereocenters. The second-order valence-corrected chi connectivity index (χ2v) is 5.11. The molecule has 0 unspecified atom stereocenters. The van der Waals surface area contributed by atoms with Crippen LogP contribution in [0.3, 0.4) is 0 Å². The number of esters is 1. The van der Waals surface area contributed by atoms with E-state index in [4.69, 9.17) is 14.2 Å². The molecule has 21 heavy (non-hydrogen) atoms. The number of cyclic esters (lactones) is 1. The van der Waals surface area contributed by atoms with Gasteiger partial charge in [0.25, 0.3) is 0 Å². The lowest BCUT2D eigenvalue weighted by Gasteiger charge is -2.22. The SMILES string of the molecule is CCCOc1ccc(CC[C@H]2CC(OC)=CC(=O)O2)cc1. The van der Waals surface area contributed by atoms with Gasteiger partial charge in [0.15, 0.2) is 0 Å². The van der Waals surface area contributed by atoms with Crippen LogP contribution in [0.1, 0.15) is 31.7 Å². The summed E-state index contributed by atoms with van der Waals surface area (Å²) in [5.74, 6) is 1.28. The van der Waals surface area contributed by atoms with Crippen LogP contribution in [0.25, 0.3) is 0 Å². The molecule has 0 bridgehead atoms. The van der Waals surface area contributed by atoms with Gasteiger partial charge in [-0.3, -0.25) is 0 Å². The van der Waals surface area contributed by atoms with Gasteiger partial charge in [0.05, 0.1) is 19.8 Å². The average molecular weight is 290 g/mol. The maximum Gasteiger partial charge on any atom is 0.334 e. The third-order valence-corrected chi connectivity index (χ3v) is 3.40. The number of benzene rings is 1. The minimum absolute atomic E-state index is 0.103. The normalized spacial score (nSPS) is 17.9. The summed E-state index contributed by atoms with van der Waals surface area (Å²) < 4.78 is 16.0. The Kier molecular flexibility index (Phi) is 5.67. The van der Waals surface area contributed by atoms with Crippen molar-refractivity contribution in [1.82, 2.24) is 0 Å². The van der Waals surface area contributed by atoms with Gasteiger partial charge >= 0.3 is 5.97 Å². The second kappa shape index (κ2) is 7.72. The van der Waals surface area contributed by atoms with Gasteiger partial charge in [-0.05, 0) is 37.0 Å². The maximum atomic E-state index is 11.4. The molecule has 0 saturated heterocycles. The first kappa shape index (κ1) is 15.4. The minimum atomic E-state index is -0.314. The van der Waals surface area contributed by atoms with E-state index < -0.39 is 0 Å². The van der Waals surface area contributed by atoms with Crippen molar-refractivity contribution in [2.75, 3.05) is 13.7 Å². The lowest BCUT2D eigenvalue weighted by molar-refractivity contribution is -0.145. The molecule has 0 N–H and O–H groups in total. The molecular weight excluding hydrogens is 268 g/mol. The highest BCUT2D eigenvalue weighted by atomic mass is 16.5. The first-order valence-electron chi connectivity index (χ1n) is 7.38. The van der Waals surface area contributed by atoms with Gasteiger partial charge < -0.3 is 14.2 Å². The summed E-state index contributed by atoms with van der Waals surface area (Å²) in [7, 11) is 1.58. The van der Waals surface area contributed by atoms with Crippen LogP contribution in [-0.4, -0.2) is 25.8 Å². The van der Waals surface area contributed by atoms with Crippen molar-refractivity contribution in [2.24, 2.45) is 0 Å². The molecule has 1 aromatic rings. The van der Waals surface area contributed by atoms with Crippen LogP contribution in [0.5, 0.6) is 5.75 Å². The average Bonchev–Trinajstić information content (AvgIpc) is 2.51. The van der Waals surface area contributed by atoms with E-state index in [9.17, 15) is 4.79 Å². The lowest BCUT2D eigenvalue weighted by Crippen LogP contribution is -2.23. The smallest absolute Gasteiger partial charge is 0.334 e. The summed E-state index contributed by atoms with van der Waals surface area (Å²) in [6.07, 6.45) is 4.62. The van der Waals surface area contributed by atoms with E-state index in [-0.39, 0.29) is 12.1 Å². The van der Waals surface area contributed by atoms with Crippen LogP contribution >= 0.6 is 0 Å². The number of ether oxygens (including phenoxy) is 3. The number of aryl methyl sites for hydroxylation is 1. The number of hydrogen-bond donors (Lipinski definition) is 0. The van der Waals surface area contributed by atoms with E-state index in [1.165, 1.54) is 11.6 Å². The van der Waals surface area contributed by atoms with Crippen molar-refractivity contribution in [2.45, 2.75) is 38.7 Å². The topological polar surface area (TPSA) is 44.8 Å². The Morgan fingerprint density at radius 2 is 2.05 bits per heavy atom. The number of methoxy groups -OCH3 is 1. The molecule has 0 aliphatic carbocycles. The monoisotopic (exact) mass is 290 g/mol. The predicted octanol–water partition coefficient (Wildman–Crippen LogP) is 3.25. The van der Waals surface area contributed by atoms with Crippen molar-refractivity contribution in [3.8, 4) is 5.75 Å². The summed E-state index contributed by atoms with van der Waals surface area (Å²) in [6, 6.07) is 8.09. The summed E-state index contributed by atoms with van der Waals surface area (Å²) >= 11 is 0.